The fraction of sp³-hybridized carbons (Fsp3) is 0.133. The predicted molar refractivity (Wildman–Crippen MR) is 72.6 cm³/mol. The minimum atomic E-state index is -1.15. The molecule has 1 heterocycles. The highest BCUT2D eigenvalue weighted by atomic mass is 19.2. The molecule has 21 heavy (non-hydrogen) atoms. The molecule has 0 fully saturated rings. The van der Waals surface area contributed by atoms with Crippen molar-refractivity contribution in [3.05, 3.63) is 58.9 Å². The molecule has 3 rings (SSSR count). The van der Waals surface area contributed by atoms with Crippen molar-refractivity contribution in [2.75, 3.05) is 17.2 Å². The van der Waals surface area contributed by atoms with E-state index in [9.17, 15) is 18.0 Å². The summed E-state index contributed by atoms with van der Waals surface area (Å²) < 4.78 is 39.7. The molecule has 0 saturated heterocycles. The third kappa shape index (κ3) is 2.22. The van der Waals surface area contributed by atoms with Gasteiger partial charge in [-0.15, -0.1) is 0 Å². The van der Waals surface area contributed by atoms with Crippen molar-refractivity contribution in [2.45, 2.75) is 6.42 Å². The number of fused-ring (bicyclic) bond motifs is 1. The van der Waals surface area contributed by atoms with Crippen molar-refractivity contribution in [1.29, 1.82) is 0 Å². The molecule has 0 saturated carbocycles. The Hall–Kier alpha value is -2.50. The van der Waals surface area contributed by atoms with Gasteiger partial charge >= 0.3 is 0 Å². The smallest absolute Gasteiger partial charge is 0.260 e. The third-order valence-corrected chi connectivity index (χ3v) is 3.51. The molecule has 1 aliphatic rings. The van der Waals surface area contributed by atoms with Gasteiger partial charge < -0.3 is 10.6 Å². The van der Waals surface area contributed by atoms with Crippen LogP contribution in [0.2, 0.25) is 0 Å². The number of rotatable bonds is 1. The van der Waals surface area contributed by atoms with Gasteiger partial charge in [0.2, 0.25) is 0 Å². The minimum Gasteiger partial charge on any atom is -0.398 e. The van der Waals surface area contributed by atoms with Crippen molar-refractivity contribution < 1.29 is 18.0 Å². The van der Waals surface area contributed by atoms with Crippen LogP contribution in [0.3, 0.4) is 0 Å². The van der Waals surface area contributed by atoms with Crippen molar-refractivity contribution >= 4 is 17.3 Å². The summed E-state index contributed by atoms with van der Waals surface area (Å²) in [6.45, 7) is 0.343. The van der Waals surface area contributed by atoms with Crippen molar-refractivity contribution in [1.82, 2.24) is 0 Å². The van der Waals surface area contributed by atoms with Crippen LogP contribution in [-0.2, 0) is 6.42 Å². The SMILES string of the molecule is Nc1cc(F)c(F)cc1C(=O)N1CCc2ccc(F)cc21. The van der Waals surface area contributed by atoms with Crippen molar-refractivity contribution in [2.24, 2.45) is 0 Å². The van der Waals surface area contributed by atoms with Crippen LogP contribution < -0.4 is 10.6 Å². The maximum absolute atomic E-state index is 13.3. The molecule has 0 spiro atoms. The van der Waals surface area contributed by atoms with Crippen LogP contribution in [0.15, 0.2) is 30.3 Å². The minimum absolute atomic E-state index is 0.133. The molecular weight excluding hydrogens is 281 g/mol. The van der Waals surface area contributed by atoms with Gasteiger partial charge in [0.05, 0.1) is 11.3 Å². The van der Waals surface area contributed by atoms with Crippen LogP contribution in [0.1, 0.15) is 15.9 Å². The van der Waals surface area contributed by atoms with Crippen LogP contribution in [0.25, 0.3) is 0 Å². The number of amides is 1. The fourth-order valence-electron chi connectivity index (χ4n) is 2.46. The highest BCUT2D eigenvalue weighted by molar-refractivity contribution is 6.10. The van der Waals surface area contributed by atoms with Crippen molar-refractivity contribution in [3.8, 4) is 0 Å². The Kier molecular flexibility index (Phi) is 3.08. The summed E-state index contributed by atoms with van der Waals surface area (Å²) >= 11 is 0. The Morgan fingerprint density at radius 2 is 1.81 bits per heavy atom. The van der Waals surface area contributed by atoms with Gasteiger partial charge in [-0.1, -0.05) is 6.07 Å². The zero-order valence-corrected chi connectivity index (χ0v) is 10.9. The summed E-state index contributed by atoms with van der Waals surface area (Å²) in [7, 11) is 0. The fourth-order valence-corrected chi connectivity index (χ4v) is 2.46. The molecule has 0 atom stereocenters. The summed E-state index contributed by atoms with van der Waals surface area (Å²) in [5.74, 6) is -3.30. The van der Waals surface area contributed by atoms with Gasteiger partial charge in [-0.25, -0.2) is 13.2 Å². The molecular formula is C15H11F3N2O. The average molecular weight is 292 g/mol. The van der Waals surface area contributed by atoms with Gasteiger partial charge in [-0.05, 0) is 30.2 Å². The Morgan fingerprint density at radius 1 is 1.10 bits per heavy atom. The largest absolute Gasteiger partial charge is 0.398 e. The van der Waals surface area contributed by atoms with E-state index in [-0.39, 0.29) is 11.3 Å². The first-order chi connectivity index (χ1) is 9.97. The number of anilines is 2. The predicted octanol–water partition coefficient (Wildman–Crippen LogP) is 2.89. The first-order valence-electron chi connectivity index (χ1n) is 6.32. The zero-order chi connectivity index (χ0) is 15.1. The number of carbonyl (C=O) groups is 1. The third-order valence-electron chi connectivity index (χ3n) is 3.51. The molecule has 0 bridgehead atoms. The van der Waals surface area contributed by atoms with Crippen LogP contribution in [0.5, 0.6) is 0 Å². The molecule has 3 nitrogen and oxygen atoms in total. The van der Waals surface area contributed by atoms with E-state index in [1.165, 1.54) is 17.0 Å². The van der Waals surface area contributed by atoms with Gasteiger partial charge in [0.1, 0.15) is 5.82 Å². The molecule has 0 aromatic heterocycles. The van der Waals surface area contributed by atoms with Gasteiger partial charge in [0, 0.05) is 18.3 Å². The number of nitrogens with two attached hydrogens (primary N) is 1. The maximum Gasteiger partial charge on any atom is 0.260 e. The lowest BCUT2D eigenvalue weighted by atomic mass is 10.1. The molecule has 1 aliphatic heterocycles. The van der Waals surface area contributed by atoms with Crippen LogP contribution in [0, 0.1) is 17.5 Å². The normalized spacial score (nSPS) is 13.4. The Balaban J connectivity index is 2.02. The second-order valence-electron chi connectivity index (χ2n) is 4.83. The quantitative estimate of drug-likeness (QED) is 0.821. The Labute approximate surface area is 118 Å². The number of benzene rings is 2. The monoisotopic (exact) mass is 292 g/mol. The topological polar surface area (TPSA) is 46.3 Å². The van der Waals surface area contributed by atoms with E-state index in [1.54, 1.807) is 6.07 Å². The molecule has 0 unspecified atom stereocenters. The summed E-state index contributed by atoms with van der Waals surface area (Å²) in [4.78, 5) is 13.8. The van der Waals surface area contributed by atoms with Crippen molar-refractivity contribution in [3.63, 3.8) is 0 Å². The zero-order valence-electron chi connectivity index (χ0n) is 10.9. The van der Waals surface area contributed by atoms with E-state index < -0.39 is 23.4 Å². The molecule has 1 amide bonds. The molecule has 6 heteroatoms. The first kappa shape index (κ1) is 13.5. The van der Waals surface area contributed by atoms with Gasteiger partial charge in [0.25, 0.3) is 5.91 Å². The summed E-state index contributed by atoms with van der Waals surface area (Å²) in [5.41, 5.74) is 6.56. The lowest BCUT2D eigenvalue weighted by Gasteiger charge is -2.18. The number of nitrogen functional groups attached to an aromatic ring is 1. The van der Waals surface area contributed by atoms with Gasteiger partial charge in [-0.2, -0.15) is 0 Å². The van der Waals surface area contributed by atoms with E-state index >= 15 is 0 Å². The number of halogens is 3. The molecule has 2 N–H and O–H groups in total. The highest BCUT2D eigenvalue weighted by Gasteiger charge is 2.27. The van der Waals surface area contributed by atoms with E-state index in [0.29, 0.717) is 18.7 Å². The Morgan fingerprint density at radius 3 is 2.57 bits per heavy atom. The second kappa shape index (κ2) is 4.80. The Bertz CT molecular complexity index is 746. The van der Waals surface area contributed by atoms with Crippen LogP contribution >= 0.6 is 0 Å². The number of hydrogen-bond acceptors (Lipinski definition) is 2. The molecule has 2 aromatic rings. The summed E-state index contributed by atoms with van der Waals surface area (Å²) in [6.07, 6.45) is 0.574. The van der Waals surface area contributed by atoms with E-state index in [2.05, 4.69) is 0 Å². The first-order valence-corrected chi connectivity index (χ1v) is 6.32. The second-order valence-corrected chi connectivity index (χ2v) is 4.83. The standard InChI is InChI=1S/C15H11F3N2O/c16-9-2-1-8-3-4-20(14(8)5-9)15(21)10-6-11(17)12(18)7-13(10)19/h1-2,5-7H,3-4,19H2. The number of carbonyl (C=O) groups excluding carboxylic acids is 1. The van der Waals surface area contributed by atoms with E-state index in [1.807, 2.05) is 0 Å². The lowest BCUT2D eigenvalue weighted by Crippen LogP contribution is -2.29. The number of nitrogens with zero attached hydrogens (tertiary/aromatic N) is 1. The van der Waals surface area contributed by atoms with Crippen LogP contribution in [-0.4, -0.2) is 12.5 Å². The summed E-state index contributed by atoms with van der Waals surface area (Å²) in [5, 5.41) is 0. The maximum atomic E-state index is 13.3. The van der Waals surface area contributed by atoms with Crippen LogP contribution in [0.4, 0.5) is 24.5 Å². The van der Waals surface area contributed by atoms with E-state index in [4.69, 9.17) is 5.73 Å². The molecule has 0 radical (unpaired) electrons. The highest BCUT2D eigenvalue weighted by Crippen LogP contribution is 2.31. The molecule has 0 aliphatic carbocycles. The molecule has 108 valence electrons. The number of hydrogen-bond donors (Lipinski definition) is 1. The van der Waals surface area contributed by atoms with Gasteiger partial charge in [-0.3, -0.25) is 4.79 Å². The average Bonchev–Trinajstić information content (AvgIpc) is 2.85. The summed E-state index contributed by atoms with van der Waals surface area (Å²) in [6, 6.07) is 5.71. The van der Waals surface area contributed by atoms with Gasteiger partial charge in [0.15, 0.2) is 11.6 Å². The molecule has 2 aromatic carbocycles. The van der Waals surface area contributed by atoms with E-state index in [0.717, 1.165) is 17.7 Å². The lowest BCUT2D eigenvalue weighted by molar-refractivity contribution is 0.0989.